The number of rotatable bonds is 4. The average molecular weight is 272 g/mol. The van der Waals surface area contributed by atoms with E-state index in [1.807, 2.05) is 24.3 Å². The summed E-state index contributed by atoms with van der Waals surface area (Å²) in [6.45, 7) is 0. The second-order valence-electron chi connectivity index (χ2n) is 5.57. The molecule has 1 heterocycles. The third kappa shape index (κ3) is 2.54. The van der Waals surface area contributed by atoms with Crippen LogP contribution in [0.5, 0.6) is 0 Å². The van der Waals surface area contributed by atoms with E-state index in [4.69, 9.17) is 16.0 Å². The molecule has 0 spiro atoms. The predicted octanol–water partition coefficient (Wildman–Crippen LogP) is 2.17. The Morgan fingerprint density at radius 1 is 1.15 bits per heavy atom. The minimum Gasteiger partial charge on any atom is -0.399 e. The number of nitrogens with two attached hydrogens (primary N) is 2. The molecule has 0 saturated heterocycles. The largest absolute Gasteiger partial charge is 0.399 e. The first-order chi connectivity index (χ1) is 9.67. The lowest BCUT2D eigenvalue weighted by atomic mass is 9.99. The Kier molecular flexibility index (Phi) is 3.44. The summed E-state index contributed by atoms with van der Waals surface area (Å²) in [6.07, 6.45) is 5.65. The number of aryl methyl sites for hydroxylation is 2. The monoisotopic (exact) mass is 272 g/mol. The van der Waals surface area contributed by atoms with E-state index >= 15 is 0 Å². The van der Waals surface area contributed by atoms with Gasteiger partial charge in [0.15, 0.2) is 5.82 Å². The number of hydrogen-bond donors (Lipinski definition) is 2. The Labute approximate surface area is 118 Å². The van der Waals surface area contributed by atoms with Gasteiger partial charge in [-0.25, -0.2) is 0 Å². The second-order valence-corrected chi connectivity index (χ2v) is 5.57. The van der Waals surface area contributed by atoms with E-state index in [2.05, 4.69) is 10.1 Å². The van der Waals surface area contributed by atoms with Crippen molar-refractivity contribution in [3.63, 3.8) is 0 Å². The first kappa shape index (κ1) is 13.1. The highest BCUT2D eigenvalue weighted by molar-refractivity contribution is 5.46. The topological polar surface area (TPSA) is 91.0 Å². The molecule has 0 aliphatic heterocycles. The summed E-state index contributed by atoms with van der Waals surface area (Å²) in [6, 6.07) is 7.84. The summed E-state index contributed by atoms with van der Waals surface area (Å²) in [4.78, 5) is 4.47. The Balaban J connectivity index is 1.67. The fourth-order valence-corrected chi connectivity index (χ4v) is 2.79. The molecule has 5 nitrogen and oxygen atoms in total. The van der Waals surface area contributed by atoms with Crippen LogP contribution in [0, 0.1) is 0 Å². The molecule has 1 saturated carbocycles. The molecule has 3 rings (SSSR count). The molecule has 1 aromatic heterocycles. The highest BCUT2D eigenvalue weighted by Crippen LogP contribution is 2.34. The summed E-state index contributed by atoms with van der Waals surface area (Å²) in [5.74, 6) is 1.30. The van der Waals surface area contributed by atoms with Gasteiger partial charge in [0.25, 0.3) is 0 Å². The fourth-order valence-electron chi connectivity index (χ4n) is 2.79. The zero-order valence-corrected chi connectivity index (χ0v) is 11.5. The molecule has 0 radical (unpaired) electrons. The van der Waals surface area contributed by atoms with E-state index in [1.165, 1.54) is 0 Å². The summed E-state index contributed by atoms with van der Waals surface area (Å²) >= 11 is 0. The minimum absolute atomic E-state index is 0.381. The van der Waals surface area contributed by atoms with Gasteiger partial charge < -0.3 is 16.0 Å². The van der Waals surface area contributed by atoms with Crippen LogP contribution in [0.25, 0.3) is 0 Å². The van der Waals surface area contributed by atoms with E-state index in [1.54, 1.807) is 0 Å². The smallest absolute Gasteiger partial charge is 0.227 e. The lowest BCUT2D eigenvalue weighted by Gasteiger charge is -2.17. The van der Waals surface area contributed by atoms with Gasteiger partial charge in [0.1, 0.15) is 0 Å². The van der Waals surface area contributed by atoms with Gasteiger partial charge in [-0.2, -0.15) is 4.98 Å². The molecule has 20 heavy (non-hydrogen) atoms. The molecule has 0 amide bonds. The fraction of sp³-hybridized carbons (Fsp3) is 0.467. The van der Waals surface area contributed by atoms with E-state index in [-0.39, 0.29) is 5.54 Å². The van der Waals surface area contributed by atoms with Crippen molar-refractivity contribution in [2.45, 2.75) is 44.1 Å². The highest BCUT2D eigenvalue weighted by atomic mass is 16.5. The van der Waals surface area contributed by atoms with Gasteiger partial charge in [-0.1, -0.05) is 36.2 Å². The molecule has 0 unspecified atom stereocenters. The number of hydrogen-bond acceptors (Lipinski definition) is 5. The van der Waals surface area contributed by atoms with Crippen molar-refractivity contribution in [2.24, 2.45) is 5.73 Å². The number of anilines is 1. The lowest BCUT2D eigenvalue weighted by Crippen LogP contribution is -2.34. The first-order valence-corrected chi connectivity index (χ1v) is 7.13. The van der Waals surface area contributed by atoms with E-state index in [0.717, 1.165) is 43.4 Å². The van der Waals surface area contributed by atoms with Crippen molar-refractivity contribution >= 4 is 5.69 Å². The van der Waals surface area contributed by atoms with Crippen LogP contribution in [0.15, 0.2) is 28.8 Å². The van der Waals surface area contributed by atoms with Crippen LogP contribution in [0.2, 0.25) is 0 Å². The van der Waals surface area contributed by atoms with Gasteiger partial charge in [0.05, 0.1) is 5.54 Å². The van der Waals surface area contributed by atoms with E-state index in [9.17, 15) is 0 Å². The molecule has 0 atom stereocenters. The zero-order valence-electron chi connectivity index (χ0n) is 11.5. The quantitative estimate of drug-likeness (QED) is 0.832. The molecule has 1 aliphatic carbocycles. The van der Waals surface area contributed by atoms with Gasteiger partial charge in [-0.15, -0.1) is 0 Å². The van der Waals surface area contributed by atoms with Crippen molar-refractivity contribution in [1.29, 1.82) is 0 Å². The number of nitrogens with zero attached hydrogens (tertiary/aromatic N) is 2. The Morgan fingerprint density at radius 3 is 2.65 bits per heavy atom. The van der Waals surface area contributed by atoms with Crippen LogP contribution in [0.4, 0.5) is 5.69 Å². The Hall–Kier alpha value is -1.88. The van der Waals surface area contributed by atoms with Gasteiger partial charge in [-0.3, -0.25) is 0 Å². The molecule has 2 aromatic rings. The van der Waals surface area contributed by atoms with E-state index < -0.39 is 0 Å². The van der Waals surface area contributed by atoms with Gasteiger partial charge in [0.2, 0.25) is 5.89 Å². The summed E-state index contributed by atoms with van der Waals surface area (Å²) in [5.41, 5.74) is 13.8. The van der Waals surface area contributed by atoms with Crippen LogP contribution >= 0.6 is 0 Å². The third-order valence-electron chi connectivity index (χ3n) is 4.07. The Morgan fingerprint density at radius 2 is 1.90 bits per heavy atom. The van der Waals surface area contributed by atoms with Gasteiger partial charge in [0, 0.05) is 12.1 Å². The second kappa shape index (κ2) is 5.25. The SMILES string of the molecule is Nc1ccccc1CCc1nc(C2(N)CCCC2)no1. The number of aromatic nitrogens is 2. The van der Waals surface area contributed by atoms with Crippen molar-refractivity contribution in [3.05, 3.63) is 41.5 Å². The summed E-state index contributed by atoms with van der Waals surface area (Å²) in [5, 5.41) is 4.06. The third-order valence-corrected chi connectivity index (χ3v) is 4.07. The van der Waals surface area contributed by atoms with Crippen LogP contribution < -0.4 is 11.5 Å². The van der Waals surface area contributed by atoms with Crippen molar-refractivity contribution < 1.29 is 4.52 Å². The summed E-state index contributed by atoms with van der Waals surface area (Å²) in [7, 11) is 0. The molecule has 1 aromatic carbocycles. The van der Waals surface area contributed by atoms with Crippen LogP contribution in [0.3, 0.4) is 0 Å². The summed E-state index contributed by atoms with van der Waals surface area (Å²) < 4.78 is 5.32. The van der Waals surface area contributed by atoms with Gasteiger partial charge in [-0.05, 0) is 30.9 Å². The molecule has 1 aliphatic rings. The van der Waals surface area contributed by atoms with Crippen molar-refractivity contribution in [2.75, 3.05) is 5.73 Å². The Bertz CT molecular complexity index is 587. The van der Waals surface area contributed by atoms with Gasteiger partial charge >= 0.3 is 0 Å². The molecular formula is C15H20N4O. The standard InChI is InChI=1S/C15H20N4O/c16-12-6-2-1-5-11(12)7-8-13-18-14(19-20-13)15(17)9-3-4-10-15/h1-2,5-6H,3-4,7-10,16-17H2. The maximum Gasteiger partial charge on any atom is 0.227 e. The number of nitrogen functional groups attached to an aromatic ring is 1. The highest BCUT2D eigenvalue weighted by Gasteiger charge is 2.35. The molecule has 4 N–H and O–H groups in total. The van der Waals surface area contributed by atoms with Crippen LogP contribution in [0.1, 0.15) is 43.0 Å². The normalized spacial score (nSPS) is 17.4. The predicted molar refractivity (Wildman–Crippen MR) is 76.9 cm³/mol. The van der Waals surface area contributed by atoms with Crippen LogP contribution in [-0.4, -0.2) is 10.1 Å². The molecule has 106 valence electrons. The lowest BCUT2D eigenvalue weighted by molar-refractivity contribution is 0.348. The first-order valence-electron chi connectivity index (χ1n) is 7.13. The number of para-hydroxylation sites is 1. The molecular weight excluding hydrogens is 252 g/mol. The molecule has 0 bridgehead atoms. The van der Waals surface area contributed by atoms with Crippen molar-refractivity contribution in [3.8, 4) is 0 Å². The molecule has 5 heteroatoms. The maximum atomic E-state index is 6.32. The number of benzene rings is 1. The minimum atomic E-state index is -0.381. The maximum absolute atomic E-state index is 6.32. The molecule has 1 fully saturated rings. The van der Waals surface area contributed by atoms with E-state index in [0.29, 0.717) is 18.1 Å². The zero-order chi connectivity index (χ0) is 14.0. The van der Waals surface area contributed by atoms with Crippen molar-refractivity contribution in [1.82, 2.24) is 10.1 Å². The average Bonchev–Trinajstić information content (AvgIpc) is 3.08. The van der Waals surface area contributed by atoms with Crippen LogP contribution in [-0.2, 0) is 18.4 Å².